The van der Waals surface area contributed by atoms with E-state index < -0.39 is 5.97 Å². The zero-order valence-electron chi connectivity index (χ0n) is 8.08. The Morgan fingerprint density at radius 1 is 1.25 bits per heavy atom. The van der Waals surface area contributed by atoms with Crippen LogP contribution in [0.5, 0.6) is 5.75 Å². The van der Waals surface area contributed by atoms with Crippen molar-refractivity contribution in [2.24, 2.45) is 0 Å². The average Bonchev–Trinajstić information content (AvgIpc) is 2.28. The summed E-state index contributed by atoms with van der Waals surface area (Å²) < 4.78 is 0. The van der Waals surface area contributed by atoms with Gasteiger partial charge < -0.3 is 10.2 Å². The molecule has 16 heavy (non-hydrogen) atoms. The Morgan fingerprint density at radius 3 is 2.44 bits per heavy atom. The maximum absolute atomic E-state index is 11.0. The number of phenolic OH excluding ortho intramolecular Hbond substituents is 1. The molecular weight excluding hydrogens is 208 g/mol. The summed E-state index contributed by atoms with van der Waals surface area (Å²) in [5, 5.41) is 28.1. The Morgan fingerprint density at radius 2 is 1.88 bits per heavy atom. The van der Waals surface area contributed by atoms with Crippen molar-refractivity contribution in [1.29, 1.82) is 5.39 Å². The molecule has 0 unspecified atom stereocenters. The molecule has 0 heterocycles. The minimum absolute atomic E-state index is 0.0272. The lowest BCUT2D eigenvalue weighted by molar-refractivity contribution is 0.0698. The van der Waals surface area contributed by atoms with Crippen LogP contribution in [0.1, 0.15) is 10.4 Å². The van der Waals surface area contributed by atoms with Gasteiger partial charge in [0.2, 0.25) is 11.1 Å². The van der Waals surface area contributed by atoms with E-state index in [9.17, 15) is 9.90 Å². The summed E-state index contributed by atoms with van der Waals surface area (Å²) in [5.74, 6) is -1.51. The van der Waals surface area contributed by atoms with Crippen LogP contribution in [-0.2, 0) is 0 Å². The lowest BCUT2D eigenvalue weighted by Gasteiger charge is -2.00. The van der Waals surface area contributed by atoms with Gasteiger partial charge in [-0.3, -0.25) is 0 Å². The van der Waals surface area contributed by atoms with Crippen molar-refractivity contribution in [3.63, 3.8) is 0 Å². The largest absolute Gasteiger partial charge is 0.501 e. The standard InChI is InChI=1S/C11H6N2O3/c12-13-10-7-4-2-1-3-6(7)8(11(15)16)5-9(10)14/h1-5H,(H-,14,15,16)/p+1. The Kier molecular flexibility index (Phi) is 2.18. The number of aromatic hydroxyl groups is 1. The lowest BCUT2D eigenvalue weighted by Crippen LogP contribution is -1.97. The molecule has 0 aromatic heterocycles. The van der Waals surface area contributed by atoms with Gasteiger partial charge in [0.15, 0.2) is 4.98 Å². The van der Waals surface area contributed by atoms with Crippen LogP contribution in [0.15, 0.2) is 30.3 Å². The molecule has 0 saturated heterocycles. The first-order valence-electron chi connectivity index (χ1n) is 4.48. The summed E-state index contributed by atoms with van der Waals surface area (Å²) >= 11 is 0. The van der Waals surface area contributed by atoms with Crippen molar-refractivity contribution in [2.75, 3.05) is 0 Å². The van der Waals surface area contributed by atoms with Crippen molar-refractivity contribution in [1.82, 2.24) is 0 Å². The van der Waals surface area contributed by atoms with Crippen molar-refractivity contribution >= 4 is 22.4 Å². The molecule has 2 aromatic carbocycles. The summed E-state index contributed by atoms with van der Waals surface area (Å²) in [6.07, 6.45) is 0. The molecule has 0 saturated carbocycles. The number of carboxylic acids is 1. The number of rotatable bonds is 1. The predicted molar refractivity (Wildman–Crippen MR) is 57.3 cm³/mol. The minimum atomic E-state index is -1.14. The van der Waals surface area contributed by atoms with Crippen molar-refractivity contribution in [3.05, 3.63) is 40.9 Å². The molecule has 0 amide bonds. The topological polar surface area (TPSA) is 85.7 Å². The second-order valence-corrected chi connectivity index (χ2v) is 3.24. The van der Waals surface area contributed by atoms with Gasteiger partial charge in [0.25, 0.3) is 0 Å². The number of aromatic carboxylic acids is 1. The molecule has 0 atom stereocenters. The average molecular weight is 215 g/mol. The van der Waals surface area contributed by atoms with E-state index in [-0.39, 0.29) is 17.0 Å². The second-order valence-electron chi connectivity index (χ2n) is 3.24. The van der Waals surface area contributed by atoms with Gasteiger partial charge in [-0.2, -0.15) is 0 Å². The maximum Gasteiger partial charge on any atom is 0.433 e. The Bertz CT molecular complexity index is 629. The first-order chi connectivity index (χ1) is 7.65. The van der Waals surface area contributed by atoms with Gasteiger partial charge in [-0.05, 0) is 6.07 Å². The number of hydrogen-bond donors (Lipinski definition) is 2. The highest BCUT2D eigenvalue weighted by atomic mass is 16.4. The molecule has 2 N–H and O–H groups in total. The molecular formula is C11H7N2O3+. The van der Waals surface area contributed by atoms with E-state index in [1.165, 1.54) is 0 Å². The molecule has 5 heteroatoms. The minimum Gasteiger partial charge on any atom is -0.501 e. The third kappa shape index (κ3) is 1.33. The van der Waals surface area contributed by atoms with Crippen LogP contribution in [-0.4, -0.2) is 16.2 Å². The highest BCUT2D eigenvalue weighted by Gasteiger charge is 2.23. The monoisotopic (exact) mass is 215 g/mol. The van der Waals surface area contributed by atoms with Crippen LogP contribution in [0.4, 0.5) is 5.69 Å². The third-order valence-corrected chi connectivity index (χ3v) is 2.33. The van der Waals surface area contributed by atoms with E-state index in [0.717, 1.165) is 6.07 Å². The maximum atomic E-state index is 11.0. The van der Waals surface area contributed by atoms with Crippen molar-refractivity contribution in [3.8, 4) is 5.75 Å². The molecule has 0 aliphatic carbocycles. The highest BCUT2D eigenvalue weighted by Crippen LogP contribution is 2.37. The molecule has 5 nitrogen and oxygen atoms in total. The third-order valence-electron chi connectivity index (χ3n) is 2.33. The van der Waals surface area contributed by atoms with Crippen LogP contribution >= 0.6 is 0 Å². The highest BCUT2D eigenvalue weighted by molar-refractivity contribution is 6.09. The van der Waals surface area contributed by atoms with Crippen LogP contribution in [0.3, 0.4) is 0 Å². The Labute approximate surface area is 90.2 Å². The zero-order chi connectivity index (χ0) is 11.7. The molecule has 0 aliphatic heterocycles. The van der Waals surface area contributed by atoms with E-state index >= 15 is 0 Å². The van der Waals surface area contributed by atoms with E-state index in [2.05, 4.69) is 4.98 Å². The summed E-state index contributed by atoms with van der Waals surface area (Å²) in [6.45, 7) is 0. The van der Waals surface area contributed by atoms with Gasteiger partial charge >= 0.3 is 11.7 Å². The zero-order valence-corrected chi connectivity index (χ0v) is 8.08. The van der Waals surface area contributed by atoms with Crippen LogP contribution < -0.4 is 0 Å². The van der Waals surface area contributed by atoms with Gasteiger partial charge in [-0.15, -0.1) is 0 Å². The van der Waals surface area contributed by atoms with Crippen molar-refractivity contribution < 1.29 is 15.0 Å². The number of hydrogen-bond acceptors (Lipinski definition) is 3. The quantitative estimate of drug-likeness (QED) is 0.716. The molecule has 0 bridgehead atoms. The molecule has 0 radical (unpaired) electrons. The van der Waals surface area contributed by atoms with Gasteiger partial charge in [-0.25, -0.2) is 4.79 Å². The van der Waals surface area contributed by atoms with Crippen LogP contribution in [0, 0.1) is 5.39 Å². The predicted octanol–water partition coefficient (Wildman–Crippen LogP) is 2.73. The molecule has 2 aromatic rings. The van der Waals surface area contributed by atoms with Crippen LogP contribution in [0.25, 0.3) is 15.7 Å². The number of nitrogens with zero attached hydrogens (tertiary/aromatic N) is 2. The number of carbonyl (C=O) groups is 1. The first-order valence-corrected chi connectivity index (χ1v) is 4.48. The summed E-state index contributed by atoms with van der Waals surface area (Å²) in [6, 6.07) is 7.58. The first kappa shape index (κ1) is 9.93. The fraction of sp³-hybridized carbons (Fsp3) is 0. The van der Waals surface area contributed by atoms with Crippen LogP contribution in [0.2, 0.25) is 0 Å². The van der Waals surface area contributed by atoms with Gasteiger partial charge in [0.1, 0.15) is 0 Å². The molecule has 0 fully saturated rings. The van der Waals surface area contributed by atoms with Gasteiger partial charge in [-0.1, -0.05) is 18.2 Å². The van der Waals surface area contributed by atoms with E-state index in [1.54, 1.807) is 24.3 Å². The smallest absolute Gasteiger partial charge is 0.433 e. The fourth-order valence-corrected chi connectivity index (χ4v) is 1.63. The molecule has 78 valence electrons. The lowest BCUT2D eigenvalue weighted by atomic mass is 10.0. The SMILES string of the molecule is N#[N+]c1c(O)cc(C(=O)O)c2ccccc12. The van der Waals surface area contributed by atoms with E-state index in [0.29, 0.717) is 10.8 Å². The van der Waals surface area contributed by atoms with Crippen molar-refractivity contribution in [2.45, 2.75) is 0 Å². The molecule has 0 spiro atoms. The number of diazo groups is 1. The number of benzene rings is 2. The van der Waals surface area contributed by atoms with Gasteiger partial charge in [0, 0.05) is 11.5 Å². The number of carboxylic acid groups (broad SMARTS) is 1. The second kappa shape index (κ2) is 3.51. The fourth-order valence-electron chi connectivity index (χ4n) is 1.63. The normalized spacial score (nSPS) is 9.94. The van der Waals surface area contributed by atoms with Gasteiger partial charge in [0.05, 0.1) is 10.9 Å². The summed E-state index contributed by atoms with van der Waals surface area (Å²) in [5.41, 5.74) is -0.0545. The number of fused-ring (bicyclic) bond motifs is 1. The molecule has 2 rings (SSSR count). The summed E-state index contributed by atoms with van der Waals surface area (Å²) in [7, 11) is 0. The Balaban J connectivity index is 2.98. The Hall–Kier alpha value is -2.61. The molecule has 0 aliphatic rings. The van der Waals surface area contributed by atoms with E-state index in [4.69, 9.17) is 10.5 Å². The summed E-state index contributed by atoms with van der Waals surface area (Å²) in [4.78, 5) is 13.9. The van der Waals surface area contributed by atoms with E-state index in [1.807, 2.05) is 0 Å². The number of phenols is 1.